The van der Waals surface area contributed by atoms with Gasteiger partial charge in [0.05, 0.1) is 12.2 Å². The van der Waals surface area contributed by atoms with E-state index in [-0.39, 0.29) is 24.8 Å². The average Bonchev–Trinajstić information content (AvgIpc) is 3.10. The Morgan fingerprint density at radius 3 is 2.22 bits per heavy atom. The highest BCUT2D eigenvalue weighted by Crippen LogP contribution is 2.55. The van der Waals surface area contributed by atoms with E-state index in [0.717, 1.165) is 11.1 Å². The minimum Gasteiger partial charge on any atom is -0.288 e. The van der Waals surface area contributed by atoms with Crippen LogP contribution < -0.4 is 4.90 Å². The first-order valence-corrected chi connectivity index (χ1v) is 10.6. The van der Waals surface area contributed by atoms with E-state index in [0.29, 0.717) is 22.4 Å². The molecule has 0 saturated carbocycles. The summed E-state index contributed by atoms with van der Waals surface area (Å²) in [5.41, 5.74) is 2.15. The highest BCUT2D eigenvalue weighted by Gasteiger charge is 2.61. The van der Waals surface area contributed by atoms with Gasteiger partial charge in [0.2, 0.25) is 5.91 Å². The summed E-state index contributed by atoms with van der Waals surface area (Å²) in [5, 5.41) is 0. The Kier molecular flexibility index (Phi) is 4.55. The highest BCUT2D eigenvalue weighted by atomic mass is 16.2. The molecule has 3 amide bonds. The molecule has 0 bridgehead atoms. The predicted octanol–water partition coefficient (Wildman–Crippen LogP) is 4.53. The van der Waals surface area contributed by atoms with Gasteiger partial charge in [-0.2, -0.15) is 0 Å². The van der Waals surface area contributed by atoms with Gasteiger partial charge in [-0.05, 0) is 23.3 Å². The average molecular weight is 422 g/mol. The van der Waals surface area contributed by atoms with Crippen molar-refractivity contribution in [2.24, 2.45) is 0 Å². The lowest BCUT2D eigenvalue weighted by Crippen LogP contribution is -2.62. The lowest BCUT2D eigenvalue weighted by Gasteiger charge is -2.45. The number of carbonyl (C=O) groups is 3. The summed E-state index contributed by atoms with van der Waals surface area (Å²) in [7, 11) is 0. The Labute approximate surface area is 186 Å². The van der Waals surface area contributed by atoms with Crippen LogP contribution in [0.5, 0.6) is 0 Å². The Bertz CT molecular complexity index is 1280. The Morgan fingerprint density at radius 2 is 1.50 bits per heavy atom. The van der Waals surface area contributed by atoms with Crippen LogP contribution in [-0.4, -0.2) is 22.6 Å². The quantitative estimate of drug-likeness (QED) is 0.583. The van der Waals surface area contributed by atoms with Crippen molar-refractivity contribution in [1.82, 2.24) is 4.90 Å². The number of anilines is 1. The fourth-order valence-electron chi connectivity index (χ4n) is 4.86. The van der Waals surface area contributed by atoms with Gasteiger partial charge in [-0.1, -0.05) is 80.2 Å². The lowest BCUT2D eigenvalue weighted by molar-refractivity contribution is -0.136. The van der Waals surface area contributed by atoms with Gasteiger partial charge in [0.1, 0.15) is 0 Å². The first kappa shape index (κ1) is 19.9. The van der Waals surface area contributed by atoms with Crippen molar-refractivity contribution < 1.29 is 14.4 Å². The Morgan fingerprint density at radius 1 is 0.875 bits per heavy atom. The topological polar surface area (TPSA) is 57.7 Å². The van der Waals surface area contributed by atoms with Crippen molar-refractivity contribution in [2.75, 3.05) is 4.90 Å². The number of amides is 3. The van der Waals surface area contributed by atoms with Crippen molar-refractivity contribution in [3.05, 3.63) is 108 Å². The van der Waals surface area contributed by atoms with E-state index in [4.69, 9.17) is 0 Å². The van der Waals surface area contributed by atoms with Gasteiger partial charge in [-0.3, -0.25) is 24.2 Å². The number of carbonyl (C=O) groups excluding carboxylic acids is 3. The van der Waals surface area contributed by atoms with Crippen LogP contribution in [0.4, 0.5) is 5.69 Å². The van der Waals surface area contributed by atoms with Crippen molar-refractivity contribution in [1.29, 1.82) is 0 Å². The molecule has 1 atom stereocenters. The first-order valence-electron chi connectivity index (χ1n) is 10.6. The predicted molar refractivity (Wildman–Crippen MR) is 123 cm³/mol. The van der Waals surface area contributed by atoms with Gasteiger partial charge in [-0.25, -0.2) is 0 Å². The number of benzene rings is 3. The summed E-state index contributed by atoms with van der Waals surface area (Å²) in [6.07, 6.45) is 0.214. The molecule has 158 valence electrons. The molecule has 32 heavy (non-hydrogen) atoms. The molecule has 5 heteroatoms. The largest absolute Gasteiger partial charge is 0.288 e. The van der Waals surface area contributed by atoms with Crippen LogP contribution in [0, 0.1) is 0 Å². The maximum Gasteiger partial charge on any atom is 0.265 e. The molecule has 0 fully saturated rings. The molecule has 0 aromatic heterocycles. The molecule has 0 N–H and O–H groups in total. The summed E-state index contributed by atoms with van der Waals surface area (Å²) >= 11 is 0. The van der Waals surface area contributed by atoms with Crippen molar-refractivity contribution in [3.8, 4) is 0 Å². The zero-order valence-corrected chi connectivity index (χ0v) is 17.7. The van der Waals surface area contributed by atoms with Gasteiger partial charge in [-0.15, -0.1) is 0 Å². The van der Waals surface area contributed by atoms with Crippen LogP contribution in [0.25, 0.3) is 5.57 Å². The van der Waals surface area contributed by atoms with Gasteiger partial charge >= 0.3 is 0 Å². The molecule has 5 nitrogen and oxygen atoms in total. The number of hydrogen-bond donors (Lipinski definition) is 0. The van der Waals surface area contributed by atoms with E-state index in [1.54, 1.807) is 36.1 Å². The summed E-state index contributed by atoms with van der Waals surface area (Å²) in [6.45, 7) is 6.19. The lowest BCUT2D eigenvalue weighted by atomic mass is 9.75. The number of para-hydroxylation sites is 1. The molecule has 0 radical (unpaired) electrons. The molecule has 0 saturated heterocycles. The summed E-state index contributed by atoms with van der Waals surface area (Å²) < 4.78 is 0. The molecule has 2 heterocycles. The molecule has 1 unspecified atom stereocenters. The van der Waals surface area contributed by atoms with Crippen molar-refractivity contribution >= 4 is 29.0 Å². The fraction of sp³-hybridized carbons (Fsp3) is 0.148. The van der Waals surface area contributed by atoms with Crippen LogP contribution in [0.15, 0.2) is 85.4 Å². The van der Waals surface area contributed by atoms with E-state index in [1.165, 1.54) is 4.90 Å². The second-order valence-corrected chi connectivity index (χ2v) is 8.02. The number of fused-ring (bicyclic) bond motifs is 3. The zero-order valence-electron chi connectivity index (χ0n) is 17.7. The van der Waals surface area contributed by atoms with E-state index >= 15 is 0 Å². The second kappa shape index (κ2) is 7.31. The van der Waals surface area contributed by atoms with E-state index < -0.39 is 11.4 Å². The minimum atomic E-state index is -1.49. The number of nitrogens with zero attached hydrogens (tertiary/aromatic N) is 2. The van der Waals surface area contributed by atoms with Crippen molar-refractivity contribution in [2.45, 2.75) is 25.4 Å². The molecule has 3 aromatic rings. The van der Waals surface area contributed by atoms with E-state index in [9.17, 15) is 14.4 Å². The normalized spacial score (nSPS) is 19.3. The third kappa shape index (κ3) is 2.54. The molecule has 1 spiro atoms. The molecule has 2 aliphatic rings. The van der Waals surface area contributed by atoms with Crippen LogP contribution in [0.2, 0.25) is 0 Å². The molecule has 3 aromatic carbocycles. The molecule has 2 aliphatic heterocycles. The number of imide groups is 1. The van der Waals surface area contributed by atoms with Gasteiger partial charge in [0.25, 0.3) is 11.8 Å². The Hall–Kier alpha value is -3.99. The van der Waals surface area contributed by atoms with Gasteiger partial charge < -0.3 is 0 Å². The Balaban J connectivity index is 1.79. The van der Waals surface area contributed by atoms with E-state index in [2.05, 4.69) is 6.58 Å². The maximum absolute atomic E-state index is 14.3. The van der Waals surface area contributed by atoms with Crippen molar-refractivity contribution in [3.63, 3.8) is 0 Å². The van der Waals surface area contributed by atoms with Crippen LogP contribution in [0.3, 0.4) is 0 Å². The molecule has 5 rings (SSSR count). The smallest absolute Gasteiger partial charge is 0.265 e. The third-order valence-corrected chi connectivity index (χ3v) is 6.32. The monoisotopic (exact) mass is 422 g/mol. The van der Waals surface area contributed by atoms with Crippen LogP contribution in [-0.2, 0) is 21.7 Å². The third-order valence-electron chi connectivity index (χ3n) is 6.32. The molecular formula is C27H22N2O3. The fourth-order valence-corrected chi connectivity index (χ4v) is 4.86. The SMILES string of the molecule is C=C1c2ccccc2N(C(=O)CC)C12C(=O)N(Cc1ccccc1)C(=O)c1ccccc12. The van der Waals surface area contributed by atoms with Crippen LogP contribution >= 0.6 is 0 Å². The summed E-state index contributed by atoms with van der Waals surface area (Å²) in [4.78, 5) is 43.9. The van der Waals surface area contributed by atoms with E-state index in [1.807, 2.05) is 54.6 Å². The molecular weight excluding hydrogens is 400 g/mol. The highest BCUT2D eigenvalue weighted by molar-refractivity contribution is 6.25. The standard InChI is InChI=1S/C27H22N2O3/c1-3-24(30)29-23-16-10-8-13-20(23)18(2)27(29)22-15-9-7-14-21(22)25(31)28(26(27)32)17-19-11-5-4-6-12-19/h4-16H,2-3,17H2,1H3. The van der Waals surface area contributed by atoms with Gasteiger partial charge in [0, 0.05) is 23.1 Å². The van der Waals surface area contributed by atoms with Crippen LogP contribution in [0.1, 0.15) is 40.4 Å². The zero-order chi connectivity index (χ0) is 22.5. The number of hydrogen-bond acceptors (Lipinski definition) is 3. The van der Waals surface area contributed by atoms with Gasteiger partial charge in [0.15, 0.2) is 5.54 Å². The summed E-state index contributed by atoms with van der Waals surface area (Å²) in [6, 6.07) is 23.8. The summed E-state index contributed by atoms with van der Waals surface area (Å²) in [5.74, 6) is -1.02. The maximum atomic E-state index is 14.3. The minimum absolute atomic E-state index is 0.117. The number of rotatable bonds is 3. The molecule has 0 aliphatic carbocycles. The second-order valence-electron chi connectivity index (χ2n) is 8.02. The first-order chi connectivity index (χ1) is 15.5.